The van der Waals surface area contributed by atoms with E-state index in [0.29, 0.717) is 19.2 Å². The fraction of sp³-hybridized carbons (Fsp3) is 0.526. The molecule has 2 fully saturated rings. The molecule has 2 saturated heterocycles. The van der Waals surface area contributed by atoms with E-state index in [9.17, 15) is 0 Å². The first-order chi connectivity index (χ1) is 12.9. The minimum absolute atomic E-state index is 0.104. The molecular weight excluding hydrogens is 330 g/mol. The summed E-state index contributed by atoms with van der Waals surface area (Å²) in [5, 5.41) is 3.36. The first-order valence-electron chi connectivity index (χ1n) is 9.27. The molecule has 0 saturated carbocycles. The van der Waals surface area contributed by atoms with E-state index in [4.69, 9.17) is 14.5 Å². The van der Waals surface area contributed by atoms with Crippen molar-refractivity contribution < 1.29 is 9.47 Å². The van der Waals surface area contributed by atoms with Crippen LogP contribution in [-0.2, 0) is 16.0 Å². The van der Waals surface area contributed by atoms with Gasteiger partial charge in [0, 0.05) is 50.9 Å². The quantitative estimate of drug-likeness (QED) is 0.880. The Balaban J connectivity index is 1.46. The lowest BCUT2D eigenvalue weighted by Gasteiger charge is -2.41. The average molecular weight is 355 g/mol. The van der Waals surface area contributed by atoms with Gasteiger partial charge in [-0.3, -0.25) is 9.88 Å². The third-order valence-corrected chi connectivity index (χ3v) is 5.00. The van der Waals surface area contributed by atoms with Gasteiger partial charge in [0.05, 0.1) is 19.3 Å². The van der Waals surface area contributed by atoms with Crippen LogP contribution in [0.1, 0.15) is 30.3 Å². The maximum atomic E-state index is 5.75. The number of rotatable bonds is 5. The van der Waals surface area contributed by atoms with Crippen LogP contribution in [-0.4, -0.2) is 58.9 Å². The van der Waals surface area contributed by atoms with Crippen LogP contribution in [0.25, 0.3) is 0 Å². The van der Waals surface area contributed by atoms with Crippen LogP contribution in [0, 0.1) is 0 Å². The third kappa shape index (κ3) is 4.17. The number of aromatic nitrogens is 3. The van der Waals surface area contributed by atoms with Gasteiger partial charge in [0.1, 0.15) is 11.6 Å². The van der Waals surface area contributed by atoms with Crippen molar-refractivity contribution in [3.8, 4) is 0 Å². The Hall–Kier alpha value is -2.09. The predicted molar refractivity (Wildman–Crippen MR) is 97.7 cm³/mol. The van der Waals surface area contributed by atoms with Crippen LogP contribution >= 0.6 is 0 Å². The number of pyridine rings is 1. The van der Waals surface area contributed by atoms with Crippen molar-refractivity contribution in [2.24, 2.45) is 0 Å². The van der Waals surface area contributed by atoms with Crippen LogP contribution in [0.15, 0.2) is 36.8 Å². The maximum Gasteiger partial charge on any atom is 0.150 e. The van der Waals surface area contributed by atoms with Gasteiger partial charge in [-0.05, 0) is 30.5 Å². The number of anilines is 1. The topological polar surface area (TPSA) is 72.4 Å². The van der Waals surface area contributed by atoms with Crippen LogP contribution in [0.5, 0.6) is 0 Å². The van der Waals surface area contributed by atoms with Gasteiger partial charge in [-0.2, -0.15) is 0 Å². The summed E-state index contributed by atoms with van der Waals surface area (Å²) in [5.41, 5.74) is 1.12. The molecule has 0 spiro atoms. The largest absolute Gasteiger partial charge is 0.381 e. The smallest absolute Gasteiger partial charge is 0.150 e. The van der Waals surface area contributed by atoms with Gasteiger partial charge in [-0.15, -0.1) is 0 Å². The predicted octanol–water partition coefficient (Wildman–Crippen LogP) is 2.04. The Morgan fingerprint density at radius 2 is 2.04 bits per heavy atom. The maximum absolute atomic E-state index is 5.75. The van der Waals surface area contributed by atoms with Gasteiger partial charge in [0.25, 0.3) is 0 Å². The SMILES string of the molecule is c1cncc(CNc2ccnc([C@H]3COCCN3C3CCOCC3)n2)c1. The molecule has 4 rings (SSSR count). The van der Waals surface area contributed by atoms with E-state index >= 15 is 0 Å². The van der Waals surface area contributed by atoms with E-state index in [1.165, 1.54) is 0 Å². The Bertz CT molecular complexity index is 693. The van der Waals surface area contributed by atoms with E-state index in [0.717, 1.165) is 56.4 Å². The zero-order valence-corrected chi connectivity index (χ0v) is 14.9. The molecule has 0 unspecified atom stereocenters. The number of nitrogens with zero attached hydrogens (tertiary/aromatic N) is 4. The Morgan fingerprint density at radius 3 is 2.88 bits per heavy atom. The molecule has 0 aromatic carbocycles. The zero-order chi connectivity index (χ0) is 17.6. The molecule has 0 amide bonds. The molecular formula is C19H25N5O2. The molecule has 2 aromatic rings. The fourth-order valence-corrected chi connectivity index (χ4v) is 3.62. The number of ether oxygens (including phenoxy) is 2. The highest BCUT2D eigenvalue weighted by Crippen LogP contribution is 2.28. The highest BCUT2D eigenvalue weighted by Gasteiger charge is 2.33. The summed E-state index contributed by atoms with van der Waals surface area (Å²) in [7, 11) is 0. The molecule has 2 aliphatic heterocycles. The molecule has 1 N–H and O–H groups in total. The molecule has 4 heterocycles. The standard InChI is InChI=1S/C19H25N5O2/c1-2-15(12-20-6-1)13-22-18-3-7-21-19(23-18)17-14-26-11-8-24(17)16-4-9-25-10-5-16/h1-3,6-7,12,16-17H,4-5,8-11,13-14H2,(H,21,22,23)/t17-/m1/s1. The molecule has 138 valence electrons. The van der Waals surface area contributed by atoms with Crippen molar-refractivity contribution in [1.82, 2.24) is 19.9 Å². The van der Waals surface area contributed by atoms with Crippen molar-refractivity contribution in [3.63, 3.8) is 0 Å². The Labute approximate surface area is 153 Å². The summed E-state index contributed by atoms with van der Waals surface area (Å²) in [6.07, 6.45) is 7.59. The second kappa shape index (κ2) is 8.53. The van der Waals surface area contributed by atoms with Gasteiger partial charge < -0.3 is 14.8 Å². The lowest BCUT2D eigenvalue weighted by Crippen LogP contribution is -2.48. The van der Waals surface area contributed by atoms with Gasteiger partial charge >= 0.3 is 0 Å². The first kappa shape index (κ1) is 17.3. The highest BCUT2D eigenvalue weighted by molar-refractivity contribution is 5.34. The van der Waals surface area contributed by atoms with Gasteiger partial charge in [0.15, 0.2) is 0 Å². The number of morpholine rings is 1. The van der Waals surface area contributed by atoms with Crippen molar-refractivity contribution in [2.75, 3.05) is 38.3 Å². The van der Waals surface area contributed by atoms with Crippen LogP contribution < -0.4 is 5.32 Å². The summed E-state index contributed by atoms with van der Waals surface area (Å²) >= 11 is 0. The van der Waals surface area contributed by atoms with E-state index < -0.39 is 0 Å². The molecule has 2 aromatic heterocycles. The van der Waals surface area contributed by atoms with Crippen LogP contribution in [0.3, 0.4) is 0 Å². The van der Waals surface area contributed by atoms with E-state index in [-0.39, 0.29) is 6.04 Å². The van der Waals surface area contributed by atoms with E-state index in [1.807, 2.05) is 30.6 Å². The van der Waals surface area contributed by atoms with E-state index in [1.54, 1.807) is 6.20 Å². The molecule has 0 aliphatic carbocycles. The average Bonchev–Trinajstić information content (AvgIpc) is 2.74. The molecule has 0 radical (unpaired) electrons. The van der Waals surface area contributed by atoms with Crippen molar-refractivity contribution in [1.29, 1.82) is 0 Å². The number of nitrogens with one attached hydrogen (secondary N) is 1. The van der Waals surface area contributed by atoms with Crippen molar-refractivity contribution in [2.45, 2.75) is 31.5 Å². The molecule has 2 aliphatic rings. The molecule has 0 bridgehead atoms. The molecule has 7 nitrogen and oxygen atoms in total. The molecule has 26 heavy (non-hydrogen) atoms. The number of hydrogen-bond donors (Lipinski definition) is 1. The van der Waals surface area contributed by atoms with E-state index in [2.05, 4.69) is 20.2 Å². The first-order valence-corrected chi connectivity index (χ1v) is 9.27. The summed E-state index contributed by atoms with van der Waals surface area (Å²) < 4.78 is 11.3. The summed E-state index contributed by atoms with van der Waals surface area (Å²) in [6, 6.07) is 6.51. The second-order valence-electron chi connectivity index (χ2n) is 6.69. The van der Waals surface area contributed by atoms with Crippen molar-refractivity contribution >= 4 is 5.82 Å². The Kier molecular flexibility index (Phi) is 5.68. The second-order valence-corrected chi connectivity index (χ2v) is 6.69. The van der Waals surface area contributed by atoms with Gasteiger partial charge in [-0.1, -0.05) is 6.07 Å². The zero-order valence-electron chi connectivity index (χ0n) is 14.9. The summed E-state index contributed by atoms with van der Waals surface area (Å²) in [5.74, 6) is 1.66. The minimum Gasteiger partial charge on any atom is -0.381 e. The molecule has 7 heteroatoms. The summed E-state index contributed by atoms with van der Waals surface area (Å²) in [4.78, 5) is 16.0. The minimum atomic E-state index is 0.104. The number of hydrogen-bond acceptors (Lipinski definition) is 7. The van der Waals surface area contributed by atoms with Crippen LogP contribution in [0.2, 0.25) is 0 Å². The van der Waals surface area contributed by atoms with Crippen LogP contribution in [0.4, 0.5) is 5.82 Å². The third-order valence-electron chi connectivity index (χ3n) is 5.00. The lowest BCUT2D eigenvalue weighted by atomic mass is 10.0. The lowest BCUT2D eigenvalue weighted by molar-refractivity contribution is -0.0591. The normalized spacial score (nSPS) is 22.2. The van der Waals surface area contributed by atoms with Crippen molar-refractivity contribution in [3.05, 3.63) is 48.2 Å². The van der Waals surface area contributed by atoms with Gasteiger partial charge in [0.2, 0.25) is 0 Å². The van der Waals surface area contributed by atoms with Gasteiger partial charge in [-0.25, -0.2) is 9.97 Å². The summed E-state index contributed by atoms with van der Waals surface area (Å²) in [6.45, 7) is 4.70. The fourth-order valence-electron chi connectivity index (χ4n) is 3.62. The monoisotopic (exact) mass is 355 g/mol. The Morgan fingerprint density at radius 1 is 1.12 bits per heavy atom. The highest BCUT2D eigenvalue weighted by atomic mass is 16.5. The molecule has 1 atom stereocenters.